The maximum atomic E-state index is 11.0. The number of aromatic carboxylic acids is 1. The average molecular weight is 245 g/mol. The molecule has 0 aliphatic heterocycles. The van der Waals surface area contributed by atoms with Crippen LogP contribution in [0.5, 0.6) is 0 Å². The van der Waals surface area contributed by atoms with Crippen molar-refractivity contribution in [3.05, 3.63) is 35.5 Å². The number of carboxylic acids is 1. The van der Waals surface area contributed by atoms with E-state index in [0.717, 1.165) is 29.8 Å². The molecule has 0 bridgehead atoms. The quantitative estimate of drug-likeness (QED) is 0.897. The van der Waals surface area contributed by atoms with Crippen molar-refractivity contribution in [3.63, 3.8) is 0 Å². The van der Waals surface area contributed by atoms with Gasteiger partial charge in [0.15, 0.2) is 0 Å². The minimum atomic E-state index is -0.922. The van der Waals surface area contributed by atoms with Crippen LogP contribution in [0.1, 0.15) is 29.3 Å². The van der Waals surface area contributed by atoms with Gasteiger partial charge in [0, 0.05) is 12.1 Å². The first-order valence-electron chi connectivity index (χ1n) is 5.85. The van der Waals surface area contributed by atoms with E-state index in [1.165, 1.54) is 0 Å². The van der Waals surface area contributed by atoms with Crippen LogP contribution in [0.4, 0.5) is 0 Å². The first kappa shape index (κ1) is 12.3. The Morgan fingerprint density at radius 1 is 1.39 bits per heavy atom. The number of carboxylic acid groups (broad SMARTS) is 1. The second-order valence-electron chi connectivity index (χ2n) is 4.24. The van der Waals surface area contributed by atoms with Crippen LogP contribution in [0.2, 0.25) is 0 Å². The fraction of sp³-hybridized carbons (Fsp3) is 0.308. The molecule has 2 aromatic rings. The van der Waals surface area contributed by atoms with Crippen molar-refractivity contribution in [1.29, 1.82) is 0 Å². The number of hydrogen-bond acceptors (Lipinski definition) is 3. The molecule has 0 spiro atoms. The lowest BCUT2D eigenvalue weighted by Gasteiger charge is -2.07. The minimum absolute atomic E-state index is 0.286. The molecule has 1 N–H and O–H groups in total. The number of aromatic nitrogens is 3. The summed E-state index contributed by atoms with van der Waals surface area (Å²) < 4.78 is 1.79. The van der Waals surface area contributed by atoms with Gasteiger partial charge >= 0.3 is 5.97 Å². The number of benzene rings is 1. The summed E-state index contributed by atoms with van der Waals surface area (Å²) in [4.78, 5) is 11.0. The molecular formula is C13H15N3O2. The molecule has 0 atom stereocenters. The standard InChI is InChI=1S/C13H15N3O2/c1-3-4-16-12(8-14-15-16)10-5-9(2)6-11(7-10)13(17)18/h5-8H,3-4H2,1-2H3,(H,17,18). The predicted octanol–water partition coefficient (Wildman–Crippen LogP) is 2.36. The van der Waals surface area contributed by atoms with E-state index in [0.29, 0.717) is 0 Å². The summed E-state index contributed by atoms with van der Waals surface area (Å²) in [6.07, 6.45) is 2.62. The molecule has 2 rings (SSSR count). The van der Waals surface area contributed by atoms with Crippen LogP contribution in [-0.4, -0.2) is 26.1 Å². The van der Waals surface area contributed by atoms with Gasteiger partial charge in [-0.15, -0.1) is 5.10 Å². The van der Waals surface area contributed by atoms with Gasteiger partial charge in [-0.1, -0.05) is 12.1 Å². The summed E-state index contributed by atoms with van der Waals surface area (Å²) in [7, 11) is 0. The summed E-state index contributed by atoms with van der Waals surface area (Å²) in [6.45, 7) is 4.71. The van der Waals surface area contributed by atoms with Crippen LogP contribution in [0, 0.1) is 6.92 Å². The molecule has 0 aliphatic carbocycles. The second-order valence-corrected chi connectivity index (χ2v) is 4.24. The van der Waals surface area contributed by atoms with Crippen molar-refractivity contribution in [3.8, 4) is 11.3 Å². The van der Waals surface area contributed by atoms with Crippen LogP contribution in [0.25, 0.3) is 11.3 Å². The smallest absolute Gasteiger partial charge is 0.335 e. The normalized spacial score (nSPS) is 10.6. The third-order valence-electron chi connectivity index (χ3n) is 2.67. The highest BCUT2D eigenvalue weighted by atomic mass is 16.4. The summed E-state index contributed by atoms with van der Waals surface area (Å²) in [5.74, 6) is -0.922. The van der Waals surface area contributed by atoms with Crippen molar-refractivity contribution in [1.82, 2.24) is 15.0 Å². The molecule has 1 aromatic heterocycles. The molecule has 0 aliphatic rings. The lowest BCUT2D eigenvalue weighted by Crippen LogP contribution is -2.03. The van der Waals surface area contributed by atoms with Crippen molar-refractivity contribution in [2.75, 3.05) is 0 Å². The third kappa shape index (κ3) is 2.40. The van der Waals surface area contributed by atoms with Gasteiger partial charge in [-0.3, -0.25) is 0 Å². The van der Waals surface area contributed by atoms with Gasteiger partial charge in [-0.05, 0) is 37.1 Å². The summed E-state index contributed by atoms with van der Waals surface area (Å²) in [5, 5.41) is 17.0. The molecule has 0 saturated heterocycles. The van der Waals surface area contributed by atoms with Crippen molar-refractivity contribution < 1.29 is 9.90 Å². The molecule has 1 aromatic carbocycles. The Morgan fingerprint density at radius 2 is 2.17 bits per heavy atom. The maximum Gasteiger partial charge on any atom is 0.335 e. The topological polar surface area (TPSA) is 68.0 Å². The minimum Gasteiger partial charge on any atom is -0.478 e. The van der Waals surface area contributed by atoms with Crippen molar-refractivity contribution >= 4 is 5.97 Å². The number of aryl methyl sites for hydroxylation is 2. The third-order valence-corrected chi connectivity index (χ3v) is 2.67. The zero-order valence-electron chi connectivity index (χ0n) is 10.4. The molecule has 5 heteroatoms. The van der Waals surface area contributed by atoms with E-state index in [2.05, 4.69) is 17.2 Å². The number of carbonyl (C=O) groups is 1. The van der Waals surface area contributed by atoms with Gasteiger partial charge in [-0.25, -0.2) is 9.48 Å². The van der Waals surface area contributed by atoms with Gasteiger partial charge in [0.2, 0.25) is 0 Å². The van der Waals surface area contributed by atoms with Gasteiger partial charge in [0.05, 0.1) is 17.5 Å². The average Bonchev–Trinajstić information content (AvgIpc) is 2.77. The highest BCUT2D eigenvalue weighted by molar-refractivity contribution is 5.89. The van der Waals surface area contributed by atoms with Crippen LogP contribution < -0.4 is 0 Å². The lowest BCUT2D eigenvalue weighted by atomic mass is 10.0. The molecular weight excluding hydrogens is 230 g/mol. The molecule has 0 saturated carbocycles. The number of rotatable bonds is 4. The van der Waals surface area contributed by atoms with E-state index >= 15 is 0 Å². The van der Waals surface area contributed by atoms with E-state index in [4.69, 9.17) is 5.11 Å². The zero-order chi connectivity index (χ0) is 13.1. The van der Waals surface area contributed by atoms with Crippen LogP contribution in [0.3, 0.4) is 0 Å². The molecule has 0 radical (unpaired) electrons. The molecule has 1 heterocycles. The number of hydrogen-bond donors (Lipinski definition) is 1. The van der Waals surface area contributed by atoms with Crippen LogP contribution in [0.15, 0.2) is 24.4 Å². The van der Waals surface area contributed by atoms with Gasteiger partial charge < -0.3 is 5.11 Å². The monoisotopic (exact) mass is 245 g/mol. The van der Waals surface area contributed by atoms with Gasteiger partial charge in [0.1, 0.15) is 0 Å². The van der Waals surface area contributed by atoms with E-state index < -0.39 is 5.97 Å². The first-order valence-corrected chi connectivity index (χ1v) is 5.85. The zero-order valence-corrected chi connectivity index (χ0v) is 10.4. The Balaban J connectivity index is 2.49. The Bertz CT molecular complexity index is 575. The van der Waals surface area contributed by atoms with Gasteiger partial charge in [-0.2, -0.15) is 0 Å². The highest BCUT2D eigenvalue weighted by Gasteiger charge is 2.10. The number of nitrogens with zero attached hydrogens (tertiary/aromatic N) is 3. The summed E-state index contributed by atoms with van der Waals surface area (Å²) in [6, 6.07) is 5.25. The lowest BCUT2D eigenvalue weighted by molar-refractivity contribution is 0.0697. The second kappa shape index (κ2) is 5.00. The molecule has 0 fully saturated rings. The summed E-state index contributed by atoms with van der Waals surface area (Å²) in [5.41, 5.74) is 2.89. The molecule has 94 valence electrons. The van der Waals surface area contributed by atoms with E-state index in [1.54, 1.807) is 23.0 Å². The van der Waals surface area contributed by atoms with Crippen LogP contribution >= 0.6 is 0 Å². The Kier molecular flexibility index (Phi) is 3.41. The molecule has 18 heavy (non-hydrogen) atoms. The molecule has 0 amide bonds. The van der Waals surface area contributed by atoms with E-state index in [9.17, 15) is 4.79 Å². The largest absolute Gasteiger partial charge is 0.478 e. The van der Waals surface area contributed by atoms with Gasteiger partial charge in [0.25, 0.3) is 0 Å². The Morgan fingerprint density at radius 3 is 2.83 bits per heavy atom. The fourth-order valence-corrected chi connectivity index (χ4v) is 1.91. The highest BCUT2D eigenvalue weighted by Crippen LogP contribution is 2.21. The Hall–Kier alpha value is -2.17. The van der Waals surface area contributed by atoms with E-state index in [-0.39, 0.29) is 5.56 Å². The fourth-order valence-electron chi connectivity index (χ4n) is 1.91. The maximum absolute atomic E-state index is 11.0. The predicted molar refractivity (Wildman–Crippen MR) is 67.4 cm³/mol. The molecule has 5 nitrogen and oxygen atoms in total. The summed E-state index contributed by atoms with van der Waals surface area (Å²) >= 11 is 0. The first-order chi connectivity index (χ1) is 8.61. The van der Waals surface area contributed by atoms with E-state index in [1.807, 2.05) is 13.0 Å². The van der Waals surface area contributed by atoms with Crippen molar-refractivity contribution in [2.45, 2.75) is 26.8 Å². The SMILES string of the molecule is CCCn1nncc1-c1cc(C)cc(C(=O)O)c1. The van der Waals surface area contributed by atoms with Crippen LogP contribution in [-0.2, 0) is 6.54 Å². The Labute approximate surface area is 105 Å². The van der Waals surface area contributed by atoms with Crippen molar-refractivity contribution in [2.24, 2.45) is 0 Å². The molecule has 0 unspecified atom stereocenters.